The second-order valence-electron chi connectivity index (χ2n) is 7.25. The van der Waals surface area contributed by atoms with Crippen molar-refractivity contribution < 1.29 is 9.59 Å². The fourth-order valence-electron chi connectivity index (χ4n) is 4.26. The Morgan fingerprint density at radius 2 is 1.88 bits per heavy atom. The Bertz CT molecular complexity index is 637. The minimum atomic E-state index is -0.278. The topological polar surface area (TPSA) is 52.7 Å². The summed E-state index contributed by atoms with van der Waals surface area (Å²) in [4.78, 5) is 28.2. The Kier molecular flexibility index (Phi) is 4.17. The zero-order valence-electron chi connectivity index (χ0n) is 14.0. The molecular formula is C19H25N3O2. The van der Waals surface area contributed by atoms with Crippen LogP contribution in [0.2, 0.25) is 0 Å². The van der Waals surface area contributed by atoms with Gasteiger partial charge in [0.2, 0.25) is 11.8 Å². The molecule has 1 atom stereocenters. The second kappa shape index (κ2) is 6.46. The quantitative estimate of drug-likeness (QED) is 0.917. The molecule has 1 aromatic rings. The van der Waals surface area contributed by atoms with Crippen LogP contribution in [0.1, 0.15) is 31.2 Å². The number of nitrogens with zero attached hydrogens (tertiary/aromatic N) is 2. The first kappa shape index (κ1) is 15.5. The predicted octanol–water partition coefficient (Wildman–Crippen LogP) is 1.57. The summed E-state index contributed by atoms with van der Waals surface area (Å²) in [7, 11) is 0. The van der Waals surface area contributed by atoms with Crippen molar-refractivity contribution in [2.24, 2.45) is 5.92 Å². The van der Waals surface area contributed by atoms with Crippen molar-refractivity contribution in [2.45, 2.75) is 38.1 Å². The first-order valence-corrected chi connectivity index (χ1v) is 9.12. The summed E-state index contributed by atoms with van der Waals surface area (Å²) >= 11 is 0. The van der Waals surface area contributed by atoms with E-state index in [1.54, 1.807) is 0 Å². The fraction of sp³-hybridized carbons (Fsp3) is 0.579. The van der Waals surface area contributed by atoms with Crippen molar-refractivity contribution in [3.05, 3.63) is 29.8 Å². The van der Waals surface area contributed by atoms with E-state index in [0.29, 0.717) is 18.8 Å². The van der Waals surface area contributed by atoms with E-state index in [1.165, 1.54) is 11.3 Å². The molecule has 1 N–H and O–H groups in total. The molecule has 4 rings (SSSR count). The third-order valence-corrected chi connectivity index (χ3v) is 5.68. The average Bonchev–Trinajstić information content (AvgIpc) is 3.22. The summed E-state index contributed by atoms with van der Waals surface area (Å²) < 4.78 is 0. The van der Waals surface area contributed by atoms with Gasteiger partial charge in [0.05, 0.1) is 0 Å². The van der Waals surface area contributed by atoms with Gasteiger partial charge in [0.1, 0.15) is 6.04 Å². The molecule has 5 nitrogen and oxygen atoms in total. The maximum Gasteiger partial charge on any atom is 0.245 e. The smallest absolute Gasteiger partial charge is 0.245 e. The van der Waals surface area contributed by atoms with Crippen molar-refractivity contribution in [1.82, 2.24) is 10.2 Å². The standard InChI is InChI=1S/C19H25N3O2/c23-18-6-5-16(20-18)19(24)21-10-7-14(8-11-21)13-22-12-9-15-3-1-2-4-17(15)22/h1-4,14,16H,5-13H2,(H,20,23). The lowest BCUT2D eigenvalue weighted by Crippen LogP contribution is -2.48. The van der Waals surface area contributed by atoms with Crippen molar-refractivity contribution >= 4 is 17.5 Å². The maximum atomic E-state index is 12.5. The Morgan fingerprint density at radius 3 is 2.62 bits per heavy atom. The number of piperidine rings is 1. The van der Waals surface area contributed by atoms with Crippen LogP contribution in [-0.2, 0) is 16.0 Å². The van der Waals surface area contributed by atoms with E-state index in [-0.39, 0.29) is 17.9 Å². The first-order valence-electron chi connectivity index (χ1n) is 9.12. The van der Waals surface area contributed by atoms with Gasteiger partial charge in [0.15, 0.2) is 0 Å². The number of amides is 2. The first-order chi connectivity index (χ1) is 11.7. The van der Waals surface area contributed by atoms with Gasteiger partial charge in [0, 0.05) is 38.3 Å². The van der Waals surface area contributed by atoms with Crippen LogP contribution in [0.15, 0.2) is 24.3 Å². The molecule has 5 heteroatoms. The lowest BCUT2D eigenvalue weighted by atomic mass is 9.95. The van der Waals surface area contributed by atoms with Gasteiger partial charge in [-0.3, -0.25) is 9.59 Å². The predicted molar refractivity (Wildman–Crippen MR) is 92.8 cm³/mol. The Morgan fingerprint density at radius 1 is 1.08 bits per heavy atom. The minimum absolute atomic E-state index is 0.0101. The maximum absolute atomic E-state index is 12.5. The summed E-state index contributed by atoms with van der Waals surface area (Å²) in [6, 6.07) is 8.42. The molecule has 0 saturated carbocycles. The third kappa shape index (κ3) is 2.99. The lowest BCUT2D eigenvalue weighted by molar-refractivity contribution is -0.135. The normalized spacial score (nSPS) is 24.2. The van der Waals surface area contributed by atoms with E-state index >= 15 is 0 Å². The van der Waals surface area contributed by atoms with Gasteiger partial charge in [-0.15, -0.1) is 0 Å². The highest BCUT2D eigenvalue weighted by Crippen LogP contribution is 2.30. The number of anilines is 1. The Balaban J connectivity index is 1.29. The molecule has 1 aromatic carbocycles. The Labute approximate surface area is 143 Å². The zero-order valence-corrected chi connectivity index (χ0v) is 14.0. The zero-order chi connectivity index (χ0) is 16.5. The van der Waals surface area contributed by atoms with E-state index in [2.05, 4.69) is 34.5 Å². The van der Waals surface area contributed by atoms with Crippen LogP contribution in [0.25, 0.3) is 0 Å². The van der Waals surface area contributed by atoms with Crippen LogP contribution in [0.3, 0.4) is 0 Å². The molecule has 128 valence electrons. The van der Waals surface area contributed by atoms with Gasteiger partial charge in [-0.05, 0) is 43.2 Å². The van der Waals surface area contributed by atoms with Gasteiger partial charge >= 0.3 is 0 Å². The Hall–Kier alpha value is -2.04. The van der Waals surface area contributed by atoms with Crippen molar-refractivity contribution in [1.29, 1.82) is 0 Å². The van der Waals surface area contributed by atoms with Crippen LogP contribution >= 0.6 is 0 Å². The van der Waals surface area contributed by atoms with Crippen LogP contribution in [0.5, 0.6) is 0 Å². The number of carbonyl (C=O) groups is 2. The van der Waals surface area contributed by atoms with Crippen LogP contribution in [0, 0.1) is 5.92 Å². The van der Waals surface area contributed by atoms with E-state index < -0.39 is 0 Å². The highest BCUT2D eigenvalue weighted by molar-refractivity contribution is 5.90. The summed E-state index contributed by atoms with van der Waals surface area (Å²) in [6.45, 7) is 3.86. The van der Waals surface area contributed by atoms with E-state index in [4.69, 9.17) is 0 Å². The van der Waals surface area contributed by atoms with Crippen LogP contribution in [0.4, 0.5) is 5.69 Å². The SMILES string of the molecule is O=C1CCC(C(=O)N2CCC(CN3CCc4ccccc43)CC2)N1. The van der Waals surface area contributed by atoms with Crippen molar-refractivity contribution in [3.63, 3.8) is 0 Å². The number of carbonyl (C=O) groups excluding carboxylic acids is 2. The van der Waals surface area contributed by atoms with Crippen molar-refractivity contribution in [3.8, 4) is 0 Å². The number of fused-ring (bicyclic) bond motifs is 1. The molecule has 0 aliphatic carbocycles. The molecule has 1 unspecified atom stereocenters. The molecule has 2 amide bonds. The molecule has 0 radical (unpaired) electrons. The number of nitrogens with one attached hydrogen (secondary N) is 1. The summed E-state index contributed by atoms with van der Waals surface area (Å²) in [5, 5.41) is 2.79. The monoisotopic (exact) mass is 327 g/mol. The lowest BCUT2D eigenvalue weighted by Gasteiger charge is -2.35. The number of rotatable bonds is 3. The molecular weight excluding hydrogens is 302 g/mol. The van der Waals surface area contributed by atoms with Gasteiger partial charge < -0.3 is 15.1 Å². The molecule has 3 aliphatic rings. The molecule has 3 heterocycles. The average molecular weight is 327 g/mol. The molecule has 0 aromatic heterocycles. The summed E-state index contributed by atoms with van der Waals surface area (Å²) in [5.74, 6) is 0.778. The van der Waals surface area contributed by atoms with E-state index in [9.17, 15) is 9.59 Å². The van der Waals surface area contributed by atoms with E-state index in [1.807, 2.05) is 4.90 Å². The molecule has 2 fully saturated rings. The number of benzene rings is 1. The van der Waals surface area contributed by atoms with Gasteiger partial charge in [-0.25, -0.2) is 0 Å². The van der Waals surface area contributed by atoms with Gasteiger partial charge in [0.25, 0.3) is 0 Å². The van der Waals surface area contributed by atoms with E-state index in [0.717, 1.165) is 45.4 Å². The number of hydrogen-bond donors (Lipinski definition) is 1. The minimum Gasteiger partial charge on any atom is -0.371 e. The largest absolute Gasteiger partial charge is 0.371 e. The van der Waals surface area contributed by atoms with Gasteiger partial charge in [-0.1, -0.05) is 18.2 Å². The second-order valence-corrected chi connectivity index (χ2v) is 7.25. The molecule has 3 aliphatic heterocycles. The third-order valence-electron chi connectivity index (χ3n) is 5.68. The highest BCUT2D eigenvalue weighted by atomic mass is 16.2. The number of para-hydroxylation sites is 1. The number of likely N-dealkylation sites (tertiary alicyclic amines) is 1. The fourth-order valence-corrected chi connectivity index (χ4v) is 4.26. The summed E-state index contributed by atoms with van der Waals surface area (Å²) in [6.07, 6.45) is 4.41. The van der Waals surface area contributed by atoms with Crippen LogP contribution < -0.4 is 10.2 Å². The molecule has 24 heavy (non-hydrogen) atoms. The molecule has 0 bridgehead atoms. The number of hydrogen-bond acceptors (Lipinski definition) is 3. The van der Waals surface area contributed by atoms with Crippen LogP contribution in [-0.4, -0.2) is 48.9 Å². The molecule has 2 saturated heterocycles. The van der Waals surface area contributed by atoms with Crippen molar-refractivity contribution in [2.75, 3.05) is 31.1 Å². The highest BCUT2D eigenvalue weighted by Gasteiger charge is 2.33. The summed E-state index contributed by atoms with van der Waals surface area (Å²) in [5.41, 5.74) is 2.85. The van der Waals surface area contributed by atoms with Gasteiger partial charge in [-0.2, -0.15) is 0 Å². The molecule has 0 spiro atoms.